The third kappa shape index (κ3) is 5.06. The number of carbonyl (C=O) groups excluding carboxylic acids is 1. The molecule has 0 aliphatic carbocycles. The normalized spacial score (nSPS) is 11.4. The number of nitrogens with zero attached hydrogens (tertiary/aromatic N) is 1. The SMILES string of the molecule is COc1cc(/C=N\NS(=O)(=O)c2ccc(C)cc2)cc(Br)c1OC(C)=O. The van der Waals surface area contributed by atoms with E-state index >= 15 is 0 Å². The average molecular weight is 441 g/mol. The van der Waals surface area contributed by atoms with Crippen LogP contribution < -0.4 is 14.3 Å². The fourth-order valence-electron chi connectivity index (χ4n) is 2.00. The van der Waals surface area contributed by atoms with Crippen molar-refractivity contribution in [2.24, 2.45) is 5.10 Å². The molecule has 0 aromatic heterocycles. The first-order valence-electron chi connectivity index (χ1n) is 7.40. The zero-order valence-electron chi connectivity index (χ0n) is 14.3. The van der Waals surface area contributed by atoms with Gasteiger partial charge in [0, 0.05) is 6.92 Å². The van der Waals surface area contributed by atoms with Crippen LogP contribution in [0.25, 0.3) is 0 Å². The van der Waals surface area contributed by atoms with Crippen LogP contribution in [0.5, 0.6) is 11.5 Å². The molecule has 0 bridgehead atoms. The number of aryl methyl sites for hydroxylation is 1. The molecule has 2 rings (SSSR count). The number of nitrogens with one attached hydrogen (secondary N) is 1. The van der Waals surface area contributed by atoms with Gasteiger partial charge in [-0.25, -0.2) is 4.83 Å². The summed E-state index contributed by atoms with van der Waals surface area (Å²) in [5.41, 5.74) is 1.49. The van der Waals surface area contributed by atoms with Gasteiger partial charge in [0.1, 0.15) is 0 Å². The minimum Gasteiger partial charge on any atom is -0.493 e. The molecule has 0 aliphatic heterocycles. The largest absolute Gasteiger partial charge is 0.493 e. The lowest BCUT2D eigenvalue weighted by Crippen LogP contribution is -2.18. The van der Waals surface area contributed by atoms with Crippen LogP contribution in [0, 0.1) is 6.92 Å². The van der Waals surface area contributed by atoms with E-state index in [4.69, 9.17) is 9.47 Å². The molecule has 0 radical (unpaired) electrons. The van der Waals surface area contributed by atoms with Crippen LogP contribution in [0.4, 0.5) is 0 Å². The van der Waals surface area contributed by atoms with Gasteiger partial charge in [-0.15, -0.1) is 0 Å². The number of halogens is 1. The summed E-state index contributed by atoms with van der Waals surface area (Å²) in [5, 5.41) is 3.77. The van der Waals surface area contributed by atoms with E-state index < -0.39 is 16.0 Å². The van der Waals surface area contributed by atoms with Crippen molar-refractivity contribution < 1.29 is 22.7 Å². The number of methoxy groups -OCH3 is 1. The Kier molecular flexibility index (Phi) is 6.38. The Labute approximate surface area is 160 Å². The third-order valence-electron chi connectivity index (χ3n) is 3.22. The Morgan fingerprint density at radius 3 is 2.46 bits per heavy atom. The van der Waals surface area contributed by atoms with Crippen molar-refractivity contribution in [1.82, 2.24) is 4.83 Å². The first kappa shape index (κ1) is 19.9. The van der Waals surface area contributed by atoms with Crippen LogP contribution in [-0.4, -0.2) is 27.7 Å². The van der Waals surface area contributed by atoms with Gasteiger partial charge in [0.25, 0.3) is 10.0 Å². The molecule has 0 amide bonds. The molecule has 0 spiro atoms. The van der Waals surface area contributed by atoms with E-state index in [1.807, 2.05) is 6.92 Å². The van der Waals surface area contributed by atoms with Crippen molar-refractivity contribution in [2.75, 3.05) is 7.11 Å². The topological polar surface area (TPSA) is 94.1 Å². The summed E-state index contributed by atoms with van der Waals surface area (Å²) < 4.78 is 35.1. The number of ether oxygens (including phenoxy) is 2. The summed E-state index contributed by atoms with van der Waals surface area (Å²) in [7, 11) is -2.33. The number of hydrogen-bond acceptors (Lipinski definition) is 6. The maximum atomic E-state index is 12.2. The monoisotopic (exact) mass is 440 g/mol. The van der Waals surface area contributed by atoms with Gasteiger partial charge in [-0.2, -0.15) is 13.5 Å². The maximum absolute atomic E-state index is 12.2. The molecule has 1 N–H and O–H groups in total. The molecular weight excluding hydrogens is 424 g/mol. The van der Waals surface area contributed by atoms with Crippen molar-refractivity contribution in [3.63, 3.8) is 0 Å². The van der Waals surface area contributed by atoms with E-state index in [1.54, 1.807) is 24.3 Å². The Balaban J connectivity index is 2.21. The summed E-state index contributed by atoms with van der Waals surface area (Å²) in [6, 6.07) is 9.58. The van der Waals surface area contributed by atoms with E-state index in [0.717, 1.165) is 5.56 Å². The lowest BCUT2D eigenvalue weighted by atomic mass is 10.2. The summed E-state index contributed by atoms with van der Waals surface area (Å²) >= 11 is 3.28. The highest BCUT2D eigenvalue weighted by molar-refractivity contribution is 9.10. The highest BCUT2D eigenvalue weighted by Crippen LogP contribution is 2.36. The number of sulfonamides is 1. The molecule has 0 aliphatic rings. The zero-order chi connectivity index (χ0) is 19.3. The van der Waals surface area contributed by atoms with Crippen molar-refractivity contribution >= 4 is 38.1 Å². The molecule has 0 unspecified atom stereocenters. The molecule has 138 valence electrons. The Morgan fingerprint density at radius 2 is 1.88 bits per heavy atom. The van der Waals surface area contributed by atoms with Crippen molar-refractivity contribution in [2.45, 2.75) is 18.7 Å². The standard InChI is InChI=1S/C17H17BrN2O5S/c1-11-4-6-14(7-5-11)26(22,23)20-19-10-13-8-15(18)17(25-12(2)21)16(9-13)24-3/h4-10,20H,1-3H3/b19-10-. The summed E-state index contributed by atoms with van der Waals surface area (Å²) in [6.07, 6.45) is 1.32. The highest BCUT2D eigenvalue weighted by atomic mass is 79.9. The molecule has 2 aromatic carbocycles. The van der Waals surface area contributed by atoms with E-state index in [0.29, 0.717) is 15.8 Å². The molecule has 7 nitrogen and oxygen atoms in total. The first-order chi connectivity index (χ1) is 12.2. The van der Waals surface area contributed by atoms with Crippen molar-refractivity contribution in [3.05, 3.63) is 52.0 Å². The average Bonchev–Trinajstić information content (AvgIpc) is 2.57. The number of hydrogen-bond donors (Lipinski definition) is 1. The highest BCUT2D eigenvalue weighted by Gasteiger charge is 2.14. The van der Waals surface area contributed by atoms with E-state index in [9.17, 15) is 13.2 Å². The van der Waals surface area contributed by atoms with Gasteiger partial charge in [0.2, 0.25) is 0 Å². The van der Waals surface area contributed by atoms with Gasteiger partial charge in [0.15, 0.2) is 11.5 Å². The molecule has 2 aromatic rings. The van der Waals surface area contributed by atoms with Crippen LogP contribution in [0.1, 0.15) is 18.1 Å². The quantitative estimate of drug-likeness (QED) is 0.322. The number of benzene rings is 2. The predicted molar refractivity (Wildman–Crippen MR) is 101 cm³/mol. The zero-order valence-corrected chi connectivity index (χ0v) is 16.7. The second kappa shape index (κ2) is 8.33. The molecule has 0 fully saturated rings. The van der Waals surface area contributed by atoms with Crippen LogP contribution >= 0.6 is 15.9 Å². The van der Waals surface area contributed by atoms with Gasteiger partial charge in [-0.05, 0) is 52.7 Å². The van der Waals surface area contributed by atoms with Crippen molar-refractivity contribution in [3.8, 4) is 11.5 Å². The maximum Gasteiger partial charge on any atom is 0.308 e. The number of esters is 1. The Morgan fingerprint density at radius 1 is 1.23 bits per heavy atom. The Hall–Kier alpha value is -2.39. The number of carbonyl (C=O) groups is 1. The predicted octanol–water partition coefficient (Wildman–Crippen LogP) is 3.00. The van der Waals surface area contributed by atoms with Gasteiger partial charge < -0.3 is 9.47 Å². The minimum atomic E-state index is -3.76. The van der Waals surface area contributed by atoms with Crippen LogP contribution in [0.15, 0.2) is 50.9 Å². The lowest BCUT2D eigenvalue weighted by molar-refractivity contribution is -0.132. The molecule has 0 saturated heterocycles. The fraction of sp³-hybridized carbons (Fsp3) is 0.176. The molecule has 0 heterocycles. The molecule has 0 atom stereocenters. The molecular formula is C17H17BrN2O5S. The van der Waals surface area contributed by atoms with E-state index in [-0.39, 0.29) is 10.6 Å². The summed E-state index contributed by atoms with van der Waals surface area (Å²) in [6.45, 7) is 3.15. The Bertz CT molecular complexity index is 940. The molecule has 26 heavy (non-hydrogen) atoms. The number of rotatable bonds is 6. The van der Waals surface area contributed by atoms with Gasteiger partial charge in [-0.1, -0.05) is 17.7 Å². The van der Waals surface area contributed by atoms with Crippen molar-refractivity contribution in [1.29, 1.82) is 0 Å². The van der Waals surface area contributed by atoms with Gasteiger partial charge in [0.05, 0.1) is 22.7 Å². The molecule has 0 saturated carbocycles. The van der Waals surface area contributed by atoms with Crippen LogP contribution in [0.2, 0.25) is 0 Å². The second-order valence-corrected chi connectivity index (χ2v) is 7.81. The van der Waals surface area contributed by atoms with Gasteiger partial charge >= 0.3 is 5.97 Å². The van der Waals surface area contributed by atoms with Gasteiger partial charge in [-0.3, -0.25) is 4.79 Å². The third-order valence-corrected chi connectivity index (χ3v) is 5.04. The smallest absolute Gasteiger partial charge is 0.308 e. The van der Waals surface area contributed by atoms with E-state index in [2.05, 4.69) is 25.9 Å². The van der Waals surface area contributed by atoms with E-state index in [1.165, 1.54) is 32.4 Å². The van der Waals surface area contributed by atoms with Crippen LogP contribution in [-0.2, 0) is 14.8 Å². The fourth-order valence-corrected chi connectivity index (χ4v) is 3.33. The first-order valence-corrected chi connectivity index (χ1v) is 9.68. The van der Waals surface area contributed by atoms with Crippen LogP contribution in [0.3, 0.4) is 0 Å². The summed E-state index contributed by atoms with van der Waals surface area (Å²) in [4.78, 5) is 13.4. The minimum absolute atomic E-state index is 0.115. The second-order valence-electron chi connectivity index (χ2n) is 5.29. The molecule has 9 heteroatoms. The lowest BCUT2D eigenvalue weighted by Gasteiger charge is -2.11. The summed E-state index contributed by atoms with van der Waals surface area (Å²) in [5.74, 6) is 0.0473. The number of hydrazone groups is 1.